The molecular formula is C21H29N3O2. The third-order valence-corrected chi connectivity index (χ3v) is 4.70. The number of allylic oxidation sites excluding steroid dienone is 2. The van der Waals surface area contributed by atoms with Gasteiger partial charge >= 0.3 is 0 Å². The standard InChI is InChI=1S/C21H29N3O2/c1-17-13-19(25)15-21(23-17)22-9-6-12-26-20-8-5-7-18(14-20)16-24-10-3-2-4-11-24/h5,7-8,13-14H,2-4,6,9-12,15-16H2,1H3,(H,22,23). The monoisotopic (exact) mass is 355 g/mol. The maximum Gasteiger partial charge on any atom is 0.164 e. The van der Waals surface area contributed by atoms with Gasteiger partial charge < -0.3 is 10.1 Å². The lowest BCUT2D eigenvalue weighted by atomic mass is 10.1. The Balaban J connectivity index is 1.37. The summed E-state index contributed by atoms with van der Waals surface area (Å²) in [5, 5.41) is 3.24. The number of hydrogen-bond donors (Lipinski definition) is 1. The highest BCUT2D eigenvalue weighted by Crippen LogP contribution is 2.17. The number of carbonyl (C=O) groups is 1. The lowest BCUT2D eigenvalue weighted by Gasteiger charge is -2.26. The highest BCUT2D eigenvalue weighted by Gasteiger charge is 2.11. The van der Waals surface area contributed by atoms with Crippen molar-refractivity contribution < 1.29 is 9.53 Å². The van der Waals surface area contributed by atoms with Gasteiger partial charge in [-0.15, -0.1) is 0 Å². The molecule has 26 heavy (non-hydrogen) atoms. The van der Waals surface area contributed by atoms with Crippen molar-refractivity contribution in [1.29, 1.82) is 0 Å². The fraction of sp³-hybridized carbons (Fsp3) is 0.524. The van der Waals surface area contributed by atoms with Gasteiger partial charge in [0.2, 0.25) is 0 Å². The Hall–Kier alpha value is -2.14. The van der Waals surface area contributed by atoms with E-state index in [-0.39, 0.29) is 5.78 Å². The molecule has 3 rings (SSSR count). The van der Waals surface area contributed by atoms with Crippen LogP contribution in [0.15, 0.2) is 41.0 Å². The number of ether oxygens (including phenoxy) is 1. The molecule has 0 atom stereocenters. The number of carbonyl (C=O) groups excluding carboxylic acids is 1. The molecular weight excluding hydrogens is 326 g/mol. The molecule has 0 unspecified atom stereocenters. The van der Waals surface area contributed by atoms with E-state index < -0.39 is 0 Å². The van der Waals surface area contributed by atoms with Crippen molar-refractivity contribution in [2.45, 2.75) is 45.6 Å². The molecule has 0 amide bonds. The molecule has 0 aromatic heterocycles. The topological polar surface area (TPSA) is 53.9 Å². The van der Waals surface area contributed by atoms with E-state index in [1.165, 1.54) is 37.9 Å². The number of hydrogen-bond acceptors (Lipinski definition) is 5. The summed E-state index contributed by atoms with van der Waals surface area (Å²) in [7, 11) is 0. The smallest absolute Gasteiger partial charge is 0.164 e. The van der Waals surface area contributed by atoms with Gasteiger partial charge in [0.25, 0.3) is 0 Å². The Bertz CT molecular complexity index is 676. The van der Waals surface area contributed by atoms with Crippen LogP contribution in [0.3, 0.4) is 0 Å². The van der Waals surface area contributed by atoms with E-state index in [9.17, 15) is 4.79 Å². The number of rotatable bonds is 7. The Morgan fingerprint density at radius 1 is 1.23 bits per heavy atom. The molecule has 1 saturated heterocycles. The van der Waals surface area contributed by atoms with Gasteiger partial charge in [-0.05, 0) is 57.0 Å². The zero-order chi connectivity index (χ0) is 18.2. The molecule has 140 valence electrons. The quantitative estimate of drug-likeness (QED) is 0.763. The number of ketones is 1. The van der Waals surface area contributed by atoms with Crippen LogP contribution in [0.1, 0.15) is 44.6 Å². The summed E-state index contributed by atoms with van der Waals surface area (Å²) in [5.74, 6) is 1.81. The molecule has 0 aliphatic carbocycles. The summed E-state index contributed by atoms with van der Waals surface area (Å²) in [5.41, 5.74) is 2.09. The van der Waals surface area contributed by atoms with Crippen LogP contribution < -0.4 is 10.1 Å². The molecule has 0 spiro atoms. The van der Waals surface area contributed by atoms with Crippen LogP contribution in [-0.2, 0) is 11.3 Å². The minimum absolute atomic E-state index is 0.113. The predicted octanol–water partition coefficient (Wildman–Crippen LogP) is 3.31. The van der Waals surface area contributed by atoms with Crippen LogP contribution in [0.2, 0.25) is 0 Å². The second kappa shape index (κ2) is 9.53. The number of nitrogens with zero attached hydrogens (tertiary/aromatic N) is 2. The van der Waals surface area contributed by atoms with Gasteiger partial charge in [0.05, 0.1) is 13.0 Å². The third kappa shape index (κ3) is 5.99. The van der Waals surface area contributed by atoms with Gasteiger partial charge in [-0.25, -0.2) is 4.99 Å². The maximum atomic E-state index is 11.5. The van der Waals surface area contributed by atoms with E-state index in [4.69, 9.17) is 4.74 Å². The van der Waals surface area contributed by atoms with E-state index in [0.717, 1.165) is 36.8 Å². The number of piperidine rings is 1. The van der Waals surface area contributed by atoms with Gasteiger partial charge in [-0.1, -0.05) is 18.6 Å². The fourth-order valence-corrected chi connectivity index (χ4v) is 3.44. The molecule has 1 aromatic carbocycles. The number of likely N-dealkylation sites (tertiary alicyclic amines) is 1. The summed E-state index contributed by atoms with van der Waals surface area (Å²) in [6.07, 6.45) is 6.82. The van der Waals surface area contributed by atoms with Crippen molar-refractivity contribution >= 4 is 11.6 Å². The molecule has 2 aliphatic rings. The van der Waals surface area contributed by atoms with Crippen molar-refractivity contribution in [3.8, 4) is 5.75 Å². The van der Waals surface area contributed by atoms with Crippen molar-refractivity contribution in [3.63, 3.8) is 0 Å². The van der Waals surface area contributed by atoms with E-state index in [1.807, 2.05) is 13.0 Å². The highest BCUT2D eigenvalue weighted by molar-refractivity contribution is 6.08. The average molecular weight is 355 g/mol. The van der Waals surface area contributed by atoms with Crippen LogP contribution in [-0.4, -0.2) is 42.8 Å². The predicted molar refractivity (Wildman–Crippen MR) is 105 cm³/mol. The zero-order valence-electron chi connectivity index (χ0n) is 15.7. The molecule has 1 N–H and O–H groups in total. The second-order valence-electron chi connectivity index (χ2n) is 7.10. The van der Waals surface area contributed by atoms with E-state index >= 15 is 0 Å². The molecule has 0 radical (unpaired) electrons. The molecule has 1 fully saturated rings. The summed E-state index contributed by atoms with van der Waals surface area (Å²) < 4.78 is 5.89. The Labute approximate surface area is 156 Å². The number of aliphatic imine (C=N–C) groups is 1. The van der Waals surface area contributed by atoms with Crippen molar-refractivity contribution in [1.82, 2.24) is 10.2 Å². The average Bonchev–Trinajstić information content (AvgIpc) is 2.62. The molecule has 2 aliphatic heterocycles. The molecule has 0 bridgehead atoms. The summed E-state index contributed by atoms with van der Waals surface area (Å²) in [6, 6.07) is 8.42. The molecule has 5 nitrogen and oxygen atoms in total. The molecule has 0 saturated carbocycles. The Morgan fingerprint density at radius 3 is 2.88 bits per heavy atom. The Kier molecular flexibility index (Phi) is 6.83. The normalized spacial score (nSPS) is 18.3. The summed E-state index contributed by atoms with van der Waals surface area (Å²) in [6.45, 7) is 6.68. The van der Waals surface area contributed by atoms with Crippen LogP contribution in [0.5, 0.6) is 5.75 Å². The highest BCUT2D eigenvalue weighted by atomic mass is 16.5. The van der Waals surface area contributed by atoms with Crippen molar-refractivity contribution in [2.75, 3.05) is 26.2 Å². The van der Waals surface area contributed by atoms with Crippen LogP contribution >= 0.6 is 0 Å². The van der Waals surface area contributed by atoms with Gasteiger partial charge in [-0.3, -0.25) is 9.69 Å². The minimum atomic E-state index is 0.113. The number of amidine groups is 1. The third-order valence-electron chi connectivity index (χ3n) is 4.70. The van der Waals surface area contributed by atoms with Crippen molar-refractivity contribution in [3.05, 3.63) is 41.6 Å². The van der Waals surface area contributed by atoms with Crippen LogP contribution in [0.25, 0.3) is 0 Å². The number of nitrogens with one attached hydrogen (secondary N) is 1. The minimum Gasteiger partial charge on any atom is -0.494 e. The largest absolute Gasteiger partial charge is 0.494 e. The van der Waals surface area contributed by atoms with E-state index in [1.54, 1.807) is 6.08 Å². The van der Waals surface area contributed by atoms with E-state index in [2.05, 4.69) is 33.4 Å². The van der Waals surface area contributed by atoms with Gasteiger partial charge in [0.1, 0.15) is 11.6 Å². The molecule has 5 heteroatoms. The summed E-state index contributed by atoms with van der Waals surface area (Å²) in [4.78, 5) is 18.4. The van der Waals surface area contributed by atoms with Crippen molar-refractivity contribution in [2.24, 2.45) is 4.99 Å². The zero-order valence-corrected chi connectivity index (χ0v) is 15.7. The van der Waals surface area contributed by atoms with Crippen LogP contribution in [0.4, 0.5) is 0 Å². The second-order valence-corrected chi connectivity index (χ2v) is 7.10. The number of benzene rings is 1. The first-order valence-electron chi connectivity index (χ1n) is 9.66. The van der Waals surface area contributed by atoms with Gasteiger partial charge in [0, 0.05) is 24.9 Å². The van der Waals surface area contributed by atoms with Crippen LogP contribution in [0, 0.1) is 0 Å². The lowest BCUT2D eigenvalue weighted by Crippen LogP contribution is -2.29. The molecule has 2 heterocycles. The Morgan fingerprint density at radius 2 is 2.08 bits per heavy atom. The van der Waals surface area contributed by atoms with Gasteiger partial charge in [0.15, 0.2) is 5.78 Å². The first-order valence-corrected chi connectivity index (χ1v) is 9.66. The molecule has 1 aromatic rings. The van der Waals surface area contributed by atoms with E-state index in [0.29, 0.717) is 13.0 Å². The maximum absolute atomic E-state index is 11.5. The first-order chi connectivity index (χ1) is 12.7. The van der Waals surface area contributed by atoms with Gasteiger partial charge in [-0.2, -0.15) is 0 Å². The lowest BCUT2D eigenvalue weighted by molar-refractivity contribution is -0.113. The fourth-order valence-electron chi connectivity index (χ4n) is 3.44. The first kappa shape index (κ1) is 18.6. The SMILES string of the molecule is CC1=CC(=O)CC(NCCCOc2cccc(CN3CCCCC3)c2)=N1. The summed E-state index contributed by atoms with van der Waals surface area (Å²) >= 11 is 0.